The van der Waals surface area contributed by atoms with E-state index in [0.29, 0.717) is 11.6 Å². The first-order valence-electron chi connectivity index (χ1n) is 7.35. The van der Waals surface area contributed by atoms with E-state index in [9.17, 15) is 9.59 Å². The second-order valence-corrected chi connectivity index (χ2v) is 6.63. The number of benzene rings is 1. The lowest BCUT2D eigenvalue weighted by Crippen LogP contribution is -2.45. The number of aryl methyl sites for hydroxylation is 1. The maximum atomic E-state index is 12.0. The van der Waals surface area contributed by atoms with Crippen LogP contribution in [-0.2, 0) is 9.59 Å². The smallest absolute Gasteiger partial charge is 0.313 e. The molecule has 1 aromatic carbocycles. The van der Waals surface area contributed by atoms with Gasteiger partial charge in [-0.3, -0.25) is 9.59 Å². The number of anilines is 1. The summed E-state index contributed by atoms with van der Waals surface area (Å²) in [4.78, 5) is 24.0. The van der Waals surface area contributed by atoms with E-state index in [1.54, 1.807) is 6.07 Å². The lowest BCUT2D eigenvalue weighted by atomic mass is 9.86. The van der Waals surface area contributed by atoms with Crippen molar-refractivity contribution in [2.75, 3.05) is 5.32 Å². The normalized spacial score (nSPS) is 21.7. The Kier molecular flexibility index (Phi) is 5.39. The Balaban J connectivity index is 1.94. The van der Waals surface area contributed by atoms with Crippen molar-refractivity contribution in [2.24, 2.45) is 5.92 Å². The van der Waals surface area contributed by atoms with E-state index in [1.807, 2.05) is 19.1 Å². The van der Waals surface area contributed by atoms with Crippen LogP contribution in [0.2, 0.25) is 0 Å². The quantitative estimate of drug-likeness (QED) is 0.801. The van der Waals surface area contributed by atoms with Gasteiger partial charge in [-0.2, -0.15) is 0 Å². The van der Waals surface area contributed by atoms with Crippen LogP contribution in [0.5, 0.6) is 0 Å². The van der Waals surface area contributed by atoms with E-state index in [0.717, 1.165) is 29.3 Å². The minimum Gasteiger partial charge on any atom is -0.345 e. The molecule has 0 bridgehead atoms. The number of hydrogen-bond acceptors (Lipinski definition) is 2. The van der Waals surface area contributed by atoms with Gasteiger partial charge in [-0.25, -0.2) is 0 Å². The molecule has 0 aromatic heterocycles. The molecule has 2 atom stereocenters. The van der Waals surface area contributed by atoms with Crippen molar-refractivity contribution in [1.29, 1.82) is 0 Å². The molecule has 114 valence electrons. The molecule has 21 heavy (non-hydrogen) atoms. The third-order valence-electron chi connectivity index (χ3n) is 4.01. The summed E-state index contributed by atoms with van der Waals surface area (Å²) in [5, 5.41) is 5.50. The fourth-order valence-electron chi connectivity index (χ4n) is 2.67. The van der Waals surface area contributed by atoms with Crippen molar-refractivity contribution in [3.8, 4) is 0 Å². The number of amides is 2. The van der Waals surface area contributed by atoms with Crippen LogP contribution in [0.25, 0.3) is 0 Å². The maximum absolute atomic E-state index is 12.0. The zero-order valence-corrected chi connectivity index (χ0v) is 14.0. The molecule has 0 unspecified atom stereocenters. The average molecular weight is 353 g/mol. The van der Waals surface area contributed by atoms with E-state index in [4.69, 9.17) is 0 Å². The van der Waals surface area contributed by atoms with Gasteiger partial charge >= 0.3 is 11.8 Å². The molecule has 0 radical (unpaired) electrons. The zero-order valence-electron chi connectivity index (χ0n) is 12.4. The summed E-state index contributed by atoms with van der Waals surface area (Å²) >= 11 is 3.39. The van der Waals surface area contributed by atoms with Crippen LogP contribution in [0, 0.1) is 12.8 Å². The van der Waals surface area contributed by atoms with Gasteiger partial charge < -0.3 is 10.6 Å². The Morgan fingerprint density at radius 1 is 1.19 bits per heavy atom. The van der Waals surface area contributed by atoms with Crippen molar-refractivity contribution >= 4 is 33.4 Å². The Hall–Kier alpha value is -1.36. The summed E-state index contributed by atoms with van der Waals surface area (Å²) in [7, 11) is 0. The first kappa shape index (κ1) is 16.0. The summed E-state index contributed by atoms with van der Waals surface area (Å²) in [5.41, 5.74) is 1.69. The number of hydrogen-bond donors (Lipinski definition) is 2. The lowest BCUT2D eigenvalue weighted by Gasteiger charge is -2.29. The highest BCUT2D eigenvalue weighted by molar-refractivity contribution is 9.10. The van der Waals surface area contributed by atoms with Crippen molar-refractivity contribution in [3.63, 3.8) is 0 Å². The molecular weight excluding hydrogens is 332 g/mol. The Bertz CT molecular complexity index is 545. The van der Waals surface area contributed by atoms with Crippen LogP contribution >= 0.6 is 15.9 Å². The molecule has 4 nitrogen and oxygen atoms in total. The van der Waals surface area contributed by atoms with Crippen molar-refractivity contribution < 1.29 is 9.59 Å². The third kappa shape index (κ3) is 4.30. The van der Waals surface area contributed by atoms with Crippen LogP contribution in [0.3, 0.4) is 0 Å². The van der Waals surface area contributed by atoms with E-state index < -0.39 is 11.8 Å². The topological polar surface area (TPSA) is 58.2 Å². The summed E-state index contributed by atoms with van der Waals surface area (Å²) < 4.78 is 0.773. The minimum atomic E-state index is -0.614. The number of nitrogens with one attached hydrogen (secondary N) is 2. The predicted octanol–water partition coefficient (Wildman–Crippen LogP) is 3.39. The van der Waals surface area contributed by atoms with Gasteiger partial charge in [0, 0.05) is 10.5 Å². The standard InChI is InChI=1S/C16H21BrN2O2/c1-10-7-8-14(12(17)9-10)19-16(21)15(20)18-13-6-4-3-5-11(13)2/h7-9,11,13H,3-6H2,1-2H3,(H,18,20)(H,19,21)/t11-,13+/m1/s1. The Morgan fingerprint density at radius 2 is 1.90 bits per heavy atom. The fourth-order valence-corrected chi connectivity index (χ4v) is 3.26. The van der Waals surface area contributed by atoms with Gasteiger partial charge in [-0.15, -0.1) is 0 Å². The zero-order chi connectivity index (χ0) is 15.4. The molecule has 1 aliphatic rings. The first-order valence-corrected chi connectivity index (χ1v) is 8.14. The monoisotopic (exact) mass is 352 g/mol. The van der Waals surface area contributed by atoms with Gasteiger partial charge in [-0.05, 0) is 59.3 Å². The van der Waals surface area contributed by atoms with Gasteiger partial charge in [0.25, 0.3) is 0 Å². The SMILES string of the molecule is Cc1ccc(NC(=O)C(=O)N[C@H]2CCCC[C@H]2C)c(Br)c1. The van der Waals surface area contributed by atoms with Crippen molar-refractivity contribution in [3.05, 3.63) is 28.2 Å². The van der Waals surface area contributed by atoms with Crippen LogP contribution in [0.15, 0.2) is 22.7 Å². The van der Waals surface area contributed by atoms with Crippen LogP contribution < -0.4 is 10.6 Å². The molecule has 0 saturated heterocycles. The summed E-state index contributed by atoms with van der Waals surface area (Å²) in [6, 6.07) is 5.69. The predicted molar refractivity (Wildman–Crippen MR) is 87.1 cm³/mol. The van der Waals surface area contributed by atoms with E-state index >= 15 is 0 Å². The molecule has 0 spiro atoms. The maximum Gasteiger partial charge on any atom is 0.313 e. The van der Waals surface area contributed by atoms with E-state index in [2.05, 4.69) is 33.5 Å². The molecule has 1 aromatic rings. The molecule has 1 saturated carbocycles. The lowest BCUT2D eigenvalue weighted by molar-refractivity contribution is -0.137. The summed E-state index contributed by atoms with van der Waals surface area (Å²) in [6.07, 6.45) is 4.38. The van der Waals surface area contributed by atoms with Crippen LogP contribution in [0.4, 0.5) is 5.69 Å². The van der Waals surface area contributed by atoms with E-state index in [1.165, 1.54) is 6.42 Å². The molecule has 1 fully saturated rings. The second-order valence-electron chi connectivity index (χ2n) is 5.78. The molecule has 0 heterocycles. The highest BCUT2D eigenvalue weighted by atomic mass is 79.9. The highest BCUT2D eigenvalue weighted by Gasteiger charge is 2.25. The van der Waals surface area contributed by atoms with Gasteiger partial charge in [0.15, 0.2) is 0 Å². The molecule has 2 amide bonds. The highest BCUT2D eigenvalue weighted by Crippen LogP contribution is 2.24. The molecule has 5 heteroatoms. The molecule has 0 aliphatic heterocycles. The average Bonchev–Trinajstić information content (AvgIpc) is 2.44. The fraction of sp³-hybridized carbons (Fsp3) is 0.500. The molecule has 2 rings (SSSR count). The summed E-state index contributed by atoms with van der Waals surface area (Å²) in [6.45, 7) is 4.09. The molecule has 1 aliphatic carbocycles. The van der Waals surface area contributed by atoms with Gasteiger partial charge in [0.1, 0.15) is 0 Å². The third-order valence-corrected chi connectivity index (χ3v) is 4.66. The summed E-state index contributed by atoms with van der Waals surface area (Å²) in [5.74, 6) is -0.736. The first-order chi connectivity index (χ1) is 9.97. The number of rotatable bonds is 2. The van der Waals surface area contributed by atoms with Gasteiger partial charge in [0.2, 0.25) is 0 Å². The molecular formula is C16H21BrN2O2. The Labute approximate surface area is 133 Å². The van der Waals surface area contributed by atoms with E-state index in [-0.39, 0.29) is 6.04 Å². The minimum absolute atomic E-state index is 0.110. The number of carbonyl (C=O) groups is 2. The number of carbonyl (C=O) groups excluding carboxylic acids is 2. The number of halogens is 1. The van der Waals surface area contributed by atoms with Gasteiger partial charge in [0.05, 0.1) is 5.69 Å². The Morgan fingerprint density at radius 3 is 2.57 bits per heavy atom. The van der Waals surface area contributed by atoms with Crippen LogP contribution in [0.1, 0.15) is 38.2 Å². The van der Waals surface area contributed by atoms with Crippen molar-refractivity contribution in [1.82, 2.24) is 5.32 Å². The second kappa shape index (κ2) is 7.07. The van der Waals surface area contributed by atoms with Crippen LogP contribution in [-0.4, -0.2) is 17.9 Å². The van der Waals surface area contributed by atoms with Crippen molar-refractivity contribution in [2.45, 2.75) is 45.6 Å². The van der Waals surface area contributed by atoms with Gasteiger partial charge in [-0.1, -0.05) is 25.8 Å². The largest absolute Gasteiger partial charge is 0.345 e. The molecule has 2 N–H and O–H groups in total.